The molecular weight excluding hydrogens is 266 g/mol. The summed E-state index contributed by atoms with van der Waals surface area (Å²) >= 11 is 0. The first kappa shape index (κ1) is 15.5. The summed E-state index contributed by atoms with van der Waals surface area (Å²) in [6, 6.07) is 6.19. The third-order valence-electron chi connectivity index (χ3n) is 3.26. The van der Waals surface area contributed by atoms with Gasteiger partial charge >= 0.3 is 0 Å². The van der Waals surface area contributed by atoms with Gasteiger partial charge in [-0.25, -0.2) is 4.63 Å². The van der Waals surface area contributed by atoms with E-state index < -0.39 is 0 Å². The molecule has 0 radical (unpaired) electrons. The van der Waals surface area contributed by atoms with Crippen LogP contribution in [-0.2, 0) is 13.2 Å². The van der Waals surface area contributed by atoms with Crippen LogP contribution in [0.2, 0.25) is 0 Å². The van der Waals surface area contributed by atoms with Crippen LogP contribution in [0.4, 0.5) is 0 Å². The standard InChI is InChI=1S/C16H23N3O2/c1-11(2)8-17-9-14-7-5-6-12(3)16(14)20-10-15-13(4)18-21-19-15/h5-7,11,17H,8-10H2,1-4H3. The predicted octanol–water partition coefficient (Wildman–Crippen LogP) is 3.01. The Kier molecular flexibility index (Phi) is 5.33. The quantitative estimate of drug-likeness (QED) is 0.849. The number of nitrogens with one attached hydrogen (secondary N) is 1. The molecular formula is C16H23N3O2. The summed E-state index contributed by atoms with van der Waals surface area (Å²) in [5.74, 6) is 1.54. The molecule has 114 valence electrons. The van der Waals surface area contributed by atoms with Crippen molar-refractivity contribution in [3.63, 3.8) is 0 Å². The van der Waals surface area contributed by atoms with E-state index in [0.717, 1.165) is 41.4 Å². The Labute approximate surface area is 125 Å². The second kappa shape index (κ2) is 7.22. The van der Waals surface area contributed by atoms with Gasteiger partial charge in [-0.05, 0) is 31.9 Å². The normalized spacial score (nSPS) is 11.1. The minimum Gasteiger partial charge on any atom is -0.486 e. The Morgan fingerprint density at radius 1 is 1.24 bits per heavy atom. The fourth-order valence-corrected chi connectivity index (χ4v) is 2.08. The van der Waals surface area contributed by atoms with Gasteiger partial charge in [-0.15, -0.1) is 0 Å². The van der Waals surface area contributed by atoms with Crippen LogP contribution in [-0.4, -0.2) is 16.9 Å². The van der Waals surface area contributed by atoms with Crippen molar-refractivity contribution >= 4 is 0 Å². The molecule has 0 unspecified atom stereocenters. The summed E-state index contributed by atoms with van der Waals surface area (Å²) in [4.78, 5) is 0. The minimum absolute atomic E-state index is 0.372. The van der Waals surface area contributed by atoms with Crippen molar-refractivity contribution in [1.29, 1.82) is 0 Å². The molecule has 0 saturated carbocycles. The Balaban J connectivity index is 2.05. The number of aromatic nitrogens is 2. The predicted molar refractivity (Wildman–Crippen MR) is 81.1 cm³/mol. The van der Waals surface area contributed by atoms with Crippen LogP contribution in [0.3, 0.4) is 0 Å². The van der Waals surface area contributed by atoms with Gasteiger partial charge in [-0.1, -0.05) is 42.4 Å². The van der Waals surface area contributed by atoms with Crippen molar-refractivity contribution in [2.75, 3.05) is 6.54 Å². The van der Waals surface area contributed by atoms with Gasteiger partial charge in [0.05, 0.1) is 0 Å². The first-order chi connectivity index (χ1) is 10.1. The lowest BCUT2D eigenvalue weighted by molar-refractivity contribution is 0.267. The summed E-state index contributed by atoms with van der Waals surface area (Å²) < 4.78 is 10.6. The number of hydrogen-bond acceptors (Lipinski definition) is 5. The monoisotopic (exact) mass is 289 g/mol. The van der Waals surface area contributed by atoms with Crippen molar-refractivity contribution in [2.45, 2.75) is 40.8 Å². The summed E-state index contributed by atoms with van der Waals surface area (Å²) in [6.07, 6.45) is 0. The van der Waals surface area contributed by atoms with E-state index in [1.807, 2.05) is 6.92 Å². The average Bonchev–Trinajstić information content (AvgIpc) is 2.83. The van der Waals surface area contributed by atoms with Crippen LogP contribution in [0.5, 0.6) is 5.75 Å². The highest BCUT2D eigenvalue weighted by Crippen LogP contribution is 2.24. The molecule has 5 nitrogen and oxygen atoms in total. The third-order valence-corrected chi connectivity index (χ3v) is 3.26. The highest BCUT2D eigenvalue weighted by molar-refractivity contribution is 5.40. The molecule has 0 fully saturated rings. The molecule has 1 N–H and O–H groups in total. The first-order valence-electron chi connectivity index (χ1n) is 7.28. The van der Waals surface area contributed by atoms with Gasteiger partial charge in [0.2, 0.25) is 0 Å². The van der Waals surface area contributed by atoms with Gasteiger partial charge in [0.25, 0.3) is 0 Å². The number of ether oxygens (including phenoxy) is 1. The molecule has 0 spiro atoms. The van der Waals surface area contributed by atoms with Gasteiger partial charge in [0.15, 0.2) is 0 Å². The van der Waals surface area contributed by atoms with Crippen LogP contribution < -0.4 is 10.1 Å². The third kappa shape index (κ3) is 4.29. The largest absolute Gasteiger partial charge is 0.486 e. The Morgan fingerprint density at radius 2 is 2.05 bits per heavy atom. The second-order valence-corrected chi connectivity index (χ2v) is 5.67. The van der Waals surface area contributed by atoms with E-state index in [-0.39, 0.29) is 0 Å². The summed E-state index contributed by atoms with van der Waals surface area (Å²) in [7, 11) is 0. The smallest absolute Gasteiger partial charge is 0.145 e. The second-order valence-electron chi connectivity index (χ2n) is 5.67. The van der Waals surface area contributed by atoms with E-state index >= 15 is 0 Å². The van der Waals surface area contributed by atoms with Crippen LogP contribution in [0.15, 0.2) is 22.8 Å². The average molecular weight is 289 g/mol. The molecule has 0 bridgehead atoms. The molecule has 2 aromatic rings. The Bertz CT molecular complexity index is 579. The van der Waals surface area contributed by atoms with E-state index in [0.29, 0.717) is 12.5 Å². The zero-order valence-corrected chi connectivity index (χ0v) is 13.1. The van der Waals surface area contributed by atoms with E-state index in [9.17, 15) is 0 Å². The first-order valence-corrected chi connectivity index (χ1v) is 7.28. The van der Waals surface area contributed by atoms with Crippen LogP contribution in [0, 0.1) is 19.8 Å². The summed E-state index contributed by atoms with van der Waals surface area (Å²) in [6.45, 7) is 10.5. The van der Waals surface area contributed by atoms with E-state index in [2.05, 4.69) is 54.6 Å². The van der Waals surface area contributed by atoms with E-state index in [1.54, 1.807) is 0 Å². The number of aryl methyl sites for hydroxylation is 2. The molecule has 5 heteroatoms. The Morgan fingerprint density at radius 3 is 2.71 bits per heavy atom. The maximum Gasteiger partial charge on any atom is 0.145 e. The van der Waals surface area contributed by atoms with Crippen LogP contribution in [0.1, 0.15) is 36.4 Å². The summed E-state index contributed by atoms with van der Waals surface area (Å²) in [5.41, 5.74) is 3.78. The molecule has 2 rings (SSSR count). The molecule has 0 aliphatic heterocycles. The van der Waals surface area contributed by atoms with Crippen molar-refractivity contribution in [1.82, 2.24) is 15.6 Å². The zero-order chi connectivity index (χ0) is 15.2. The summed E-state index contributed by atoms with van der Waals surface area (Å²) in [5, 5.41) is 11.1. The SMILES string of the molecule is Cc1cccc(CNCC(C)C)c1OCc1nonc1C. The van der Waals surface area contributed by atoms with Gasteiger partial charge in [0, 0.05) is 12.1 Å². The highest BCUT2D eigenvalue weighted by Gasteiger charge is 2.10. The van der Waals surface area contributed by atoms with Gasteiger partial charge in [-0.3, -0.25) is 0 Å². The fourth-order valence-electron chi connectivity index (χ4n) is 2.08. The lowest BCUT2D eigenvalue weighted by Gasteiger charge is -2.14. The molecule has 1 aromatic carbocycles. The minimum atomic E-state index is 0.372. The number of benzene rings is 1. The molecule has 0 atom stereocenters. The molecule has 21 heavy (non-hydrogen) atoms. The van der Waals surface area contributed by atoms with Crippen LogP contribution in [0.25, 0.3) is 0 Å². The number of nitrogens with zero attached hydrogens (tertiary/aromatic N) is 2. The van der Waals surface area contributed by atoms with Gasteiger partial charge in [0.1, 0.15) is 23.7 Å². The molecule has 1 aromatic heterocycles. The van der Waals surface area contributed by atoms with Gasteiger partial charge in [-0.2, -0.15) is 0 Å². The van der Waals surface area contributed by atoms with Crippen molar-refractivity contribution in [3.05, 3.63) is 40.7 Å². The number of rotatable bonds is 7. The van der Waals surface area contributed by atoms with Crippen LogP contribution >= 0.6 is 0 Å². The maximum absolute atomic E-state index is 5.95. The highest BCUT2D eigenvalue weighted by atomic mass is 16.6. The van der Waals surface area contributed by atoms with Crippen molar-refractivity contribution < 1.29 is 9.37 Å². The Hall–Kier alpha value is -1.88. The van der Waals surface area contributed by atoms with Crippen molar-refractivity contribution in [2.24, 2.45) is 5.92 Å². The topological polar surface area (TPSA) is 60.2 Å². The number of para-hydroxylation sites is 1. The molecule has 0 amide bonds. The maximum atomic E-state index is 5.95. The molecule has 0 aliphatic rings. The molecule has 0 saturated heterocycles. The van der Waals surface area contributed by atoms with E-state index in [1.165, 1.54) is 0 Å². The number of hydrogen-bond donors (Lipinski definition) is 1. The molecule has 1 heterocycles. The van der Waals surface area contributed by atoms with Gasteiger partial charge < -0.3 is 10.1 Å². The van der Waals surface area contributed by atoms with Crippen molar-refractivity contribution in [3.8, 4) is 5.75 Å². The van der Waals surface area contributed by atoms with E-state index in [4.69, 9.17) is 9.37 Å². The fraction of sp³-hybridized carbons (Fsp3) is 0.500. The lowest BCUT2D eigenvalue weighted by atomic mass is 10.1. The zero-order valence-electron chi connectivity index (χ0n) is 13.1. The lowest BCUT2D eigenvalue weighted by Crippen LogP contribution is -2.19. The molecule has 0 aliphatic carbocycles.